The zero-order valence-corrected chi connectivity index (χ0v) is 7.76. The molecule has 1 aromatic rings. The molecule has 0 aromatic carbocycles. The molecule has 1 aliphatic rings. The Labute approximate surface area is 81.4 Å². The zero-order valence-electron chi connectivity index (χ0n) is 7.76. The van der Waals surface area contributed by atoms with Crippen LogP contribution < -0.4 is 5.32 Å². The highest BCUT2D eigenvalue weighted by atomic mass is 19.1. The summed E-state index contributed by atoms with van der Waals surface area (Å²) in [5.41, 5.74) is -1.04. The molecule has 1 aromatic heterocycles. The van der Waals surface area contributed by atoms with Gasteiger partial charge in [0, 0.05) is 11.8 Å². The average Bonchev–Trinajstić information content (AvgIpc) is 2.19. The fourth-order valence-corrected chi connectivity index (χ4v) is 1.77. The number of piperidine rings is 1. The van der Waals surface area contributed by atoms with Gasteiger partial charge in [0.25, 0.3) is 0 Å². The maximum absolute atomic E-state index is 14.2. The molecule has 0 saturated carbocycles. The summed E-state index contributed by atoms with van der Waals surface area (Å²) in [6, 6.07) is 1.23. The molecule has 0 aliphatic carbocycles. The summed E-state index contributed by atoms with van der Waals surface area (Å²) in [5, 5.41) is 3.07. The first kappa shape index (κ1) is 9.52. The van der Waals surface area contributed by atoms with Crippen LogP contribution in [-0.4, -0.2) is 18.1 Å². The number of aromatic nitrogens is 1. The van der Waals surface area contributed by atoms with Gasteiger partial charge in [-0.05, 0) is 32.0 Å². The molecule has 0 unspecified atom stereocenters. The Kier molecular flexibility index (Phi) is 2.46. The van der Waals surface area contributed by atoms with Crippen LogP contribution in [0.15, 0.2) is 18.5 Å². The summed E-state index contributed by atoms with van der Waals surface area (Å²) < 4.78 is 27.1. The van der Waals surface area contributed by atoms with Crippen LogP contribution in [0.5, 0.6) is 0 Å². The van der Waals surface area contributed by atoms with Gasteiger partial charge in [-0.3, -0.25) is 4.98 Å². The summed E-state index contributed by atoms with van der Waals surface area (Å²) in [7, 11) is 0. The van der Waals surface area contributed by atoms with Gasteiger partial charge in [-0.25, -0.2) is 8.78 Å². The molecule has 0 spiro atoms. The molecule has 1 aliphatic heterocycles. The predicted octanol–water partition coefficient (Wildman–Crippen LogP) is 1.77. The molecular weight excluding hydrogens is 186 g/mol. The molecule has 1 N–H and O–H groups in total. The molecule has 0 atom stereocenters. The smallest absolute Gasteiger partial charge is 0.141 e. The Hall–Kier alpha value is -1.03. The number of pyridine rings is 1. The Morgan fingerprint density at radius 3 is 2.64 bits per heavy atom. The topological polar surface area (TPSA) is 24.9 Å². The number of hydrogen-bond acceptors (Lipinski definition) is 2. The number of nitrogens with zero attached hydrogens (tertiary/aromatic N) is 1. The van der Waals surface area contributed by atoms with Crippen LogP contribution in [0.4, 0.5) is 8.78 Å². The predicted molar refractivity (Wildman–Crippen MR) is 49.1 cm³/mol. The van der Waals surface area contributed by atoms with Crippen molar-refractivity contribution in [2.45, 2.75) is 18.5 Å². The van der Waals surface area contributed by atoms with Crippen LogP contribution in [0, 0.1) is 5.82 Å². The Balaban J connectivity index is 2.28. The molecular formula is C10H12F2N2. The summed E-state index contributed by atoms with van der Waals surface area (Å²) in [4.78, 5) is 3.67. The minimum Gasteiger partial charge on any atom is -0.316 e. The van der Waals surface area contributed by atoms with Crippen molar-refractivity contribution in [1.29, 1.82) is 0 Å². The van der Waals surface area contributed by atoms with E-state index in [2.05, 4.69) is 10.3 Å². The number of nitrogens with one attached hydrogen (secondary N) is 1. The second-order valence-electron chi connectivity index (χ2n) is 3.61. The number of alkyl halides is 1. The molecule has 76 valence electrons. The van der Waals surface area contributed by atoms with E-state index < -0.39 is 11.5 Å². The van der Waals surface area contributed by atoms with Crippen LogP contribution in [0.1, 0.15) is 18.4 Å². The van der Waals surface area contributed by atoms with Gasteiger partial charge in [0.2, 0.25) is 0 Å². The molecule has 0 radical (unpaired) electrons. The summed E-state index contributed by atoms with van der Waals surface area (Å²) in [6.07, 6.45) is 3.28. The molecule has 2 rings (SSSR count). The first-order valence-electron chi connectivity index (χ1n) is 4.71. The van der Waals surface area contributed by atoms with E-state index in [1.165, 1.54) is 12.3 Å². The molecule has 2 nitrogen and oxygen atoms in total. The molecule has 1 saturated heterocycles. The molecule has 0 amide bonds. The van der Waals surface area contributed by atoms with Crippen LogP contribution in [0.25, 0.3) is 0 Å². The highest BCUT2D eigenvalue weighted by Crippen LogP contribution is 2.34. The second-order valence-corrected chi connectivity index (χ2v) is 3.61. The van der Waals surface area contributed by atoms with E-state index >= 15 is 0 Å². The first-order valence-corrected chi connectivity index (χ1v) is 4.71. The quantitative estimate of drug-likeness (QED) is 0.743. The van der Waals surface area contributed by atoms with E-state index in [1.807, 2.05) is 0 Å². The van der Waals surface area contributed by atoms with Crippen molar-refractivity contribution in [3.8, 4) is 0 Å². The van der Waals surface area contributed by atoms with Gasteiger partial charge in [-0.1, -0.05) is 0 Å². The lowest BCUT2D eigenvalue weighted by Crippen LogP contribution is -2.36. The zero-order chi connectivity index (χ0) is 10.0. The third kappa shape index (κ3) is 1.75. The summed E-state index contributed by atoms with van der Waals surface area (Å²) in [6.45, 7) is 1.26. The fraction of sp³-hybridized carbons (Fsp3) is 0.500. The van der Waals surface area contributed by atoms with Crippen LogP contribution in [-0.2, 0) is 5.67 Å². The standard InChI is InChI=1S/C10H12F2N2/c11-9-5-8(6-14-7-9)10(12)1-3-13-4-2-10/h5-7,13H,1-4H2. The number of halogens is 2. The maximum Gasteiger partial charge on any atom is 0.141 e. The van der Waals surface area contributed by atoms with E-state index in [0.29, 0.717) is 31.5 Å². The minimum atomic E-state index is -1.40. The Morgan fingerprint density at radius 1 is 1.29 bits per heavy atom. The van der Waals surface area contributed by atoms with Crippen molar-refractivity contribution >= 4 is 0 Å². The molecule has 1 fully saturated rings. The Morgan fingerprint density at radius 2 is 2.00 bits per heavy atom. The third-order valence-electron chi connectivity index (χ3n) is 2.62. The van der Waals surface area contributed by atoms with Gasteiger partial charge >= 0.3 is 0 Å². The van der Waals surface area contributed by atoms with Crippen molar-refractivity contribution in [1.82, 2.24) is 10.3 Å². The summed E-state index contributed by atoms with van der Waals surface area (Å²) >= 11 is 0. The van der Waals surface area contributed by atoms with Crippen LogP contribution >= 0.6 is 0 Å². The van der Waals surface area contributed by atoms with E-state index in [9.17, 15) is 8.78 Å². The summed E-state index contributed by atoms with van der Waals surface area (Å²) in [5.74, 6) is -0.474. The lowest BCUT2D eigenvalue weighted by atomic mass is 9.88. The second kappa shape index (κ2) is 3.61. The number of hydrogen-bond donors (Lipinski definition) is 1. The molecule has 4 heteroatoms. The van der Waals surface area contributed by atoms with Crippen LogP contribution in [0.3, 0.4) is 0 Å². The highest BCUT2D eigenvalue weighted by Gasteiger charge is 2.34. The van der Waals surface area contributed by atoms with Gasteiger partial charge in [0.15, 0.2) is 0 Å². The highest BCUT2D eigenvalue weighted by molar-refractivity contribution is 5.20. The van der Waals surface area contributed by atoms with Crippen molar-refractivity contribution in [2.24, 2.45) is 0 Å². The largest absolute Gasteiger partial charge is 0.316 e. The lowest BCUT2D eigenvalue weighted by molar-refractivity contribution is 0.114. The van der Waals surface area contributed by atoms with Crippen LogP contribution in [0.2, 0.25) is 0 Å². The monoisotopic (exact) mass is 198 g/mol. The lowest BCUT2D eigenvalue weighted by Gasteiger charge is -2.30. The van der Waals surface area contributed by atoms with E-state index in [4.69, 9.17) is 0 Å². The van der Waals surface area contributed by atoms with Crippen molar-refractivity contribution < 1.29 is 8.78 Å². The molecule has 14 heavy (non-hydrogen) atoms. The van der Waals surface area contributed by atoms with Gasteiger partial charge in [0.05, 0.1) is 6.20 Å². The maximum atomic E-state index is 14.2. The SMILES string of the molecule is Fc1cncc(C2(F)CCNCC2)c1. The van der Waals surface area contributed by atoms with Gasteiger partial charge in [-0.15, -0.1) is 0 Å². The van der Waals surface area contributed by atoms with Crippen molar-refractivity contribution in [2.75, 3.05) is 13.1 Å². The minimum absolute atomic E-state index is 0.360. The van der Waals surface area contributed by atoms with Gasteiger partial charge < -0.3 is 5.32 Å². The van der Waals surface area contributed by atoms with Gasteiger partial charge in [-0.2, -0.15) is 0 Å². The van der Waals surface area contributed by atoms with E-state index in [1.54, 1.807) is 0 Å². The normalized spacial score (nSPS) is 20.7. The fourth-order valence-electron chi connectivity index (χ4n) is 1.77. The number of rotatable bonds is 1. The van der Waals surface area contributed by atoms with E-state index in [-0.39, 0.29) is 0 Å². The van der Waals surface area contributed by atoms with Crippen molar-refractivity contribution in [3.05, 3.63) is 29.8 Å². The molecule has 0 bridgehead atoms. The van der Waals surface area contributed by atoms with E-state index in [0.717, 1.165) is 6.20 Å². The first-order chi connectivity index (χ1) is 6.71. The van der Waals surface area contributed by atoms with Gasteiger partial charge in [0.1, 0.15) is 11.5 Å². The third-order valence-corrected chi connectivity index (χ3v) is 2.62. The average molecular weight is 198 g/mol. The van der Waals surface area contributed by atoms with Crippen molar-refractivity contribution in [3.63, 3.8) is 0 Å². The molecule has 2 heterocycles. The Bertz CT molecular complexity index is 322.